The smallest absolute Gasteiger partial charge is 0.237 e. The van der Waals surface area contributed by atoms with E-state index < -0.39 is 0 Å². The molecule has 3 rings (SSSR count). The molecule has 25 heavy (non-hydrogen) atoms. The highest BCUT2D eigenvalue weighted by molar-refractivity contribution is 8.00. The van der Waals surface area contributed by atoms with E-state index in [1.165, 1.54) is 22.2 Å². The van der Waals surface area contributed by atoms with Gasteiger partial charge in [-0.3, -0.25) is 4.79 Å². The van der Waals surface area contributed by atoms with Crippen molar-refractivity contribution in [2.24, 2.45) is 0 Å². The second-order valence-corrected chi connectivity index (χ2v) is 8.15. The first-order valence-corrected chi connectivity index (χ1v) is 9.51. The van der Waals surface area contributed by atoms with E-state index in [0.717, 1.165) is 26.7 Å². The summed E-state index contributed by atoms with van der Waals surface area (Å²) in [5, 5.41) is 4.55. The molecular formula is C18H19N3O2S2. The Morgan fingerprint density at radius 1 is 1.24 bits per heavy atom. The molecule has 0 spiro atoms. The van der Waals surface area contributed by atoms with Crippen molar-refractivity contribution < 1.29 is 9.53 Å². The fraction of sp³-hybridized carbons (Fsp3) is 0.278. The number of amides is 1. The van der Waals surface area contributed by atoms with Crippen LogP contribution in [0.4, 0.5) is 5.69 Å². The van der Waals surface area contributed by atoms with E-state index in [4.69, 9.17) is 4.74 Å². The number of aromatic nitrogens is 2. The number of thioether (sulfide) groups is 1. The van der Waals surface area contributed by atoms with Crippen LogP contribution >= 0.6 is 23.1 Å². The molecule has 2 aromatic heterocycles. The van der Waals surface area contributed by atoms with Gasteiger partial charge in [-0.2, -0.15) is 0 Å². The Bertz CT molecular complexity index is 907. The minimum absolute atomic E-state index is 0.0634. The molecular weight excluding hydrogens is 354 g/mol. The van der Waals surface area contributed by atoms with E-state index in [1.807, 2.05) is 31.2 Å². The Morgan fingerprint density at radius 3 is 2.64 bits per heavy atom. The maximum Gasteiger partial charge on any atom is 0.237 e. The average Bonchev–Trinajstić information content (AvgIpc) is 2.90. The van der Waals surface area contributed by atoms with Gasteiger partial charge < -0.3 is 10.1 Å². The summed E-state index contributed by atoms with van der Waals surface area (Å²) < 4.78 is 5.12. The summed E-state index contributed by atoms with van der Waals surface area (Å²) in [6, 6.07) is 7.28. The van der Waals surface area contributed by atoms with Crippen LogP contribution in [-0.2, 0) is 4.79 Å². The predicted octanol–water partition coefficient (Wildman–Crippen LogP) is 4.44. The number of nitrogens with one attached hydrogen (secondary N) is 1. The quantitative estimate of drug-likeness (QED) is 0.529. The molecule has 1 aromatic carbocycles. The van der Waals surface area contributed by atoms with Crippen molar-refractivity contribution in [1.82, 2.24) is 9.97 Å². The van der Waals surface area contributed by atoms with Gasteiger partial charge in [0.15, 0.2) is 0 Å². The Labute approximate surface area is 154 Å². The molecule has 2 heterocycles. The molecule has 1 atom stereocenters. The van der Waals surface area contributed by atoms with Gasteiger partial charge in [-0.15, -0.1) is 11.3 Å². The van der Waals surface area contributed by atoms with Gasteiger partial charge in [-0.25, -0.2) is 9.97 Å². The number of anilines is 1. The molecule has 0 aliphatic heterocycles. The van der Waals surface area contributed by atoms with Gasteiger partial charge in [-0.1, -0.05) is 11.8 Å². The molecule has 0 unspecified atom stereocenters. The van der Waals surface area contributed by atoms with Crippen molar-refractivity contribution in [3.63, 3.8) is 0 Å². The van der Waals surface area contributed by atoms with Crippen molar-refractivity contribution in [3.8, 4) is 5.75 Å². The van der Waals surface area contributed by atoms with Crippen molar-refractivity contribution in [3.05, 3.63) is 41.0 Å². The third-order valence-electron chi connectivity index (χ3n) is 3.95. The van der Waals surface area contributed by atoms with Gasteiger partial charge >= 0.3 is 0 Å². The predicted molar refractivity (Wildman–Crippen MR) is 104 cm³/mol. The molecule has 0 saturated heterocycles. The monoisotopic (exact) mass is 373 g/mol. The minimum atomic E-state index is -0.278. The highest BCUT2D eigenvalue weighted by atomic mass is 32.2. The summed E-state index contributed by atoms with van der Waals surface area (Å²) in [5.74, 6) is 0.693. The number of thiophene rings is 1. The Kier molecular flexibility index (Phi) is 5.24. The number of hydrogen-bond donors (Lipinski definition) is 1. The molecule has 0 aliphatic rings. The number of benzene rings is 1. The Morgan fingerprint density at radius 2 is 1.96 bits per heavy atom. The van der Waals surface area contributed by atoms with Crippen LogP contribution in [0.1, 0.15) is 17.4 Å². The van der Waals surface area contributed by atoms with Crippen LogP contribution in [0.3, 0.4) is 0 Å². The highest BCUT2D eigenvalue weighted by Gasteiger charge is 2.19. The lowest BCUT2D eigenvalue weighted by Crippen LogP contribution is -2.22. The molecule has 0 fully saturated rings. The summed E-state index contributed by atoms with van der Waals surface area (Å²) >= 11 is 3.11. The number of hydrogen-bond acceptors (Lipinski definition) is 6. The van der Waals surface area contributed by atoms with Gasteiger partial charge in [0, 0.05) is 16.0 Å². The zero-order valence-electron chi connectivity index (χ0n) is 14.5. The average molecular weight is 374 g/mol. The van der Waals surface area contributed by atoms with Crippen molar-refractivity contribution in [1.29, 1.82) is 0 Å². The van der Waals surface area contributed by atoms with Crippen LogP contribution in [-0.4, -0.2) is 28.2 Å². The lowest BCUT2D eigenvalue weighted by molar-refractivity contribution is -0.115. The molecule has 1 N–H and O–H groups in total. The van der Waals surface area contributed by atoms with Crippen molar-refractivity contribution in [2.45, 2.75) is 31.0 Å². The third kappa shape index (κ3) is 3.77. The Hall–Kier alpha value is -2.12. The standard InChI is InChI=1S/C18H19N3O2S2/c1-10-11(2)24-17-15(10)18(20-9-19-17)25-12(3)16(22)21-13-5-7-14(23-4)8-6-13/h5-9,12H,1-4H3,(H,21,22)/t12-/m1/s1. The molecule has 130 valence electrons. The number of ether oxygens (including phenoxy) is 1. The van der Waals surface area contributed by atoms with Crippen molar-refractivity contribution >= 4 is 44.9 Å². The van der Waals surface area contributed by atoms with E-state index in [0.29, 0.717) is 0 Å². The molecule has 0 radical (unpaired) electrons. The second-order valence-electron chi connectivity index (χ2n) is 5.62. The largest absolute Gasteiger partial charge is 0.497 e. The van der Waals surface area contributed by atoms with Gasteiger partial charge in [-0.05, 0) is 50.6 Å². The van der Waals surface area contributed by atoms with Crippen LogP contribution in [0.5, 0.6) is 5.75 Å². The summed E-state index contributed by atoms with van der Waals surface area (Å²) in [6.45, 7) is 6.03. The molecule has 0 bridgehead atoms. The number of carbonyl (C=O) groups excluding carboxylic acids is 1. The van der Waals surface area contributed by atoms with E-state index in [9.17, 15) is 4.79 Å². The van der Waals surface area contributed by atoms with Crippen LogP contribution in [0.15, 0.2) is 35.6 Å². The summed E-state index contributed by atoms with van der Waals surface area (Å²) in [4.78, 5) is 23.4. The van der Waals surface area contributed by atoms with Gasteiger partial charge in [0.2, 0.25) is 5.91 Å². The maximum atomic E-state index is 12.5. The van der Waals surface area contributed by atoms with E-state index in [1.54, 1.807) is 24.8 Å². The topological polar surface area (TPSA) is 64.1 Å². The lowest BCUT2D eigenvalue weighted by Gasteiger charge is -2.12. The molecule has 0 aliphatic carbocycles. The highest BCUT2D eigenvalue weighted by Crippen LogP contribution is 2.36. The SMILES string of the molecule is COc1ccc(NC(=O)[C@@H](C)Sc2ncnc3sc(C)c(C)c23)cc1. The maximum absolute atomic E-state index is 12.5. The summed E-state index contributed by atoms with van der Waals surface area (Å²) in [7, 11) is 1.61. The number of carbonyl (C=O) groups is 1. The minimum Gasteiger partial charge on any atom is -0.497 e. The molecule has 3 aromatic rings. The zero-order valence-corrected chi connectivity index (χ0v) is 16.1. The first-order valence-electron chi connectivity index (χ1n) is 7.82. The lowest BCUT2D eigenvalue weighted by atomic mass is 10.2. The third-order valence-corrected chi connectivity index (χ3v) is 6.16. The van der Waals surface area contributed by atoms with Gasteiger partial charge in [0.1, 0.15) is 21.9 Å². The Balaban J connectivity index is 1.75. The van der Waals surface area contributed by atoms with Crippen molar-refractivity contribution in [2.75, 3.05) is 12.4 Å². The van der Waals surface area contributed by atoms with Crippen LogP contribution in [0.25, 0.3) is 10.2 Å². The molecule has 0 saturated carbocycles. The van der Waals surface area contributed by atoms with Gasteiger partial charge in [0.05, 0.1) is 12.4 Å². The number of aryl methyl sites for hydroxylation is 2. The van der Waals surface area contributed by atoms with Crippen LogP contribution < -0.4 is 10.1 Å². The first-order chi connectivity index (χ1) is 12.0. The van der Waals surface area contributed by atoms with Crippen LogP contribution in [0.2, 0.25) is 0 Å². The number of nitrogens with zero attached hydrogens (tertiary/aromatic N) is 2. The first kappa shape index (κ1) is 17.7. The molecule has 1 amide bonds. The van der Waals surface area contributed by atoms with E-state index in [-0.39, 0.29) is 11.2 Å². The summed E-state index contributed by atoms with van der Waals surface area (Å²) in [6.07, 6.45) is 1.56. The normalized spacial score (nSPS) is 12.2. The fourth-order valence-electron chi connectivity index (χ4n) is 2.38. The van der Waals surface area contributed by atoms with E-state index in [2.05, 4.69) is 29.1 Å². The van der Waals surface area contributed by atoms with Crippen LogP contribution in [0, 0.1) is 13.8 Å². The second kappa shape index (κ2) is 7.41. The number of rotatable bonds is 5. The number of fused-ring (bicyclic) bond motifs is 1. The molecule has 5 nitrogen and oxygen atoms in total. The summed E-state index contributed by atoms with van der Waals surface area (Å²) in [5.41, 5.74) is 1.93. The zero-order chi connectivity index (χ0) is 18.0. The molecule has 7 heteroatoms. The fourth-order valence-corrected chi connectivity index (χ4v) is 4.42. The van der Waals surface area contributed by atoms with Gasteiger partial charge in [0.25, 0.3) is 0 Å². The van der Waals surface area contributed by atoms with E-state index >= 15 is 0 Å². The number of methoxy groups -OCH3 is 1.